The Bertz CT molecular complexity index is 784. The molecule has 7 heteroatoms. The molecule has 1 aromatic heterocycles. The third kappa shape index (κ3) is 3.96. The second-order valence-corrected chi connectivity index (χ2v) is 6.86. The van der Waals surface area contributed by atoms with Crippen LogP contribution >= 0.6 is 11.8 Å². The summed E-state index contributed by atoms with van der Waals surface area (Å²) in [4.78, 5) is 28.5. The molecule has 1 atom stereocenters. The van der Waals surface area contributed by atoms with Gasteiger partial charge >= 0.3 is 0 Å². The van der Waals surface area contributed by atoms with Crippen LogP contribution in [-0.2, 0) is 16.1 Å². The van der Waals surface area contributed by atoms with Gasteiger partial charge in [-0.1, -0.05) is 23.9 Å². The highest BCUT2D eigenvalue weighted by Gasteiger charge is 2.20. The molecule has 0 aliphatic carbocycles. The molecule has 6 nitrogen and oxygen atoms in total. The van der Waals surface area contributed by atoms with Gasteiger partial charge in [0.15, 0.2) is 5.16 Å². The number of fused-ring (bicyclic) bond motifs is 1. The fraction of sp³-hybridized carbons (Fsp3) is 0.471. The largest absolute Gasteiger partial charge is 0.376 e. The summed E-state index contributed by atoms with van der Waals surface area (Å²) in [6.07, 6.45) is 2.07. The van der Waals surface area contributed by atoms with Crippen LogP contribution in [0.1, 0.15) is 19.8 Å². The SMILES string of the molecule is CC(=O)NCCSc1nc2ccccc2c(=O)n1C[C@H]1CCCO1. The number of rotatable bonds is 6. The molecule has 1 saturated heterocycles. The molecule has 1 aliphatic heterocycles. The van der Waals surface area contributed by atoms with E-state index in [1.807, 2.05) is 24.3 Å². The molecule has 1 N–H and O–H groups in total. The molecule has 0 saturated carbocycles. The highest BCUT2D eigenvalue weighted by Crippen LogP contribution is 2.20. The van der Waals surface area contributed by atoms with Crippen molar-refractivity contribution >= 4 is 28.6 Å². The summed E-state index contributed by atoms with van der Waals surface area (Å²) in [7, 11) is 0. The van der Waals surface area contributed by atoms with Gasteiger partial charge in [-0.05, 0) is 25.0 Å². The molecule has 2 heterocycles. The minimum absolute atomic E-state index is 0.0295. The summed E-state index contributed by atoms with van der Waals surface area (Å²) < 4.78 is 7.40. The topological polar surface area (TPSA) is 73.2 Å². The van der Waals surface area contributed by atoms with Crippen molar-refractivity contribution in [3.63, 3.8) is 0 Å². The summed E-state index contributed by atoms with van der Waals surface area (Å²) in [5.74, 6) is 0.606. The van der Waals surface area contributed by atoms with Crippen molar-refractivity contribution < 1.29 is 9.53 Å². The average Bonchev–Trinajstić information content (AvgIpc) is 3.08. The molecular formula is C17H21N3O3S. The van der Waals surface area contributed by atoms with Gasteiger partial charge in [-0.15, -0.1) is 0 Å². The van der Waals surface area contributed by atoms with Crippen molar-refractivity contribution in [2.75, 3.05) is 18.9 Å². The fourth-order valence-electron chi connectivity index (χ4n) is 2.78. The van der Waals surface area contributed by atoms with Crippen molar-refractivity contribution in [3.8, 4) is 0 Å². The molecule has 3 rings (SSSR count). The van der Waals surface area contributed by atoms with Gasteiger partial charge in [-0.25, -0.2) is 4.98 Å². The van der Waals surface area contributed by atoms with Crippen LogP contribution < -0.4 is 10.9 Å². The first-order valence-corrected chi connectivity index (χ1v) is 9.12. The normalized spacial score (nSPS) is 17.3. The number of carbonyl (C=O) groups is 1. The van der Waals surface area contributed by atoms with Crippen LogP contribution in [0.25, 0.3) is 10.9 Å². The number of nitrogens with one attached hydrogen (secondary N) is 1. The lowest BCUT2D eigenvalue weighted by Gasteiger charge is -2.16. The van der Waals surface area contributed by atoms with E-state index < -0.39 is 0 Å². The quantitative estimate of drug-likeness (QED) is 0.490. The molecular weight excluding hydrogens is 326 g/mol. The highest BCUT2D eigenvalue weighted by molar-refractivity contribution is 7.99. The standard InChI is InChI=1S/C17H21N3O3S/c1-12(21)18-8-10-24-17-19-15-7-3-2-6-14(15)16(22)20(17)11-13-5-4-9-23-13/h2-3,6-7,13H,4-5,8-11H2,1H3,(H,18,21)/t13-/m1/s1. The molecule has 0 radical (unpaired) electrons. The number of hydrogen-bond acceptors (Lipinski definition) is 5. The Kier molecular flexibility index (Phi) is 5.52. The number of benzene rings is 1. The van der Waals surface area contributed by atoms with Crippen molar-refractivity contribution in [1.82, 2.24) is 14.9 Å². The van der Waals surface area contributed by atoms with Gasteiger partial charge in [-0.2, -0.15) is 0 Å². The van der Waals surface area contributed by atoms with Crippen LogP contribution in [0.3, 0.4) is 0 Å². The summed E-state index contributed by atoms with van der Waals surface area (Å²) in [5.41, 5.74) is 0.672. The van der Waals surface area contributed by atoms with E-state index in [-0.39, 0.29) is 17.6 Å². The van der Waals surface area contributed by atoms with Crippen molar-refractivity contribution in [2.24, 2.45) is 0 Å². The van der Waals surface area contributed by atoms with Crippen molar-refractivity contribution in [2.45, 2.75) is 37.6 Å². The van der Waals surface area contributed by atoms with Crippen LogP contribution in [-0.4, -0.2) is 40.5 Å². The predicted octanol–water partition coefficient (Wildman–Crippen LogP) is 1.80. The first-order valence-electron chi connectivity index (χ1n) is 8.13. The molecule has 0 spiro atoms. The number of nitrogens with zero attached hydrogens (tertiary/aromatic N) is 2. The Morgan fingerprint density at radius 2 is 2.29 bits per heavy atom. The average molecular weight is 347 g/mol. The van der Waals surface area contributed by atoms with Crippen molar-refractivity contribution in [3.05, 3.63) is 34.6 Å². The van der Waals surface area contributed by atoms with E-state index in [2.05, 4.69) is 10.3 Å². The van der Waals surface area contributed by atoms with Crippen LogP contribution in [0.4, 0.5) is 0 Å². The van der Waals surface area contributed by atoms with Crippen LogP contribution in [0.15, 0.2) is 34.2 Å². The lowest BCUT2D eigenvalue weighted by molar-refractivity contribution is -0.118. The van der Waals surface area contributed by atoms with Gasteiger partial charge < -0.3 is 10.1 Å². The summed E-state index contributed by atoms with van der Waals surface area (Å²) >= 11 is 1.48. The number of para-hydroxylation sites is 1. The number of ether oxygens (including phenoxy) is 1. The van der Waals surface area contributed by atoms with Gasteiger partial charge in [-0.3, -0.25) is 14.2 Å². The Hall–Kier alpha value is -1.86. The number of carbonyl (C=O) groups excluding carboxylic acids is 1. The molecule has 1 amide bonds. The van der Waals surface area contributed by atoms with Gasteiger partial charge in [0.05, 0.1) is 23.6 Å². The van der Waals surface area contributed by atoms with E-state index >= 15 is 0 Å². The third-order valence-electron chi connectivity index (χ3n) is 3.94. The maximum atomic E-state index is 12.9. The Labute approximate surface area is 144 Å². The maximum Gasteiger partial charge on any atom is 0.262 e. The Balaban J connectivity index is 1.88. The van der Waals surface area contributed by atoms with Gasteiger partial charge in [0.1, 0.15) is 0 Å². The van der Waals surface area contributed by atoms with E-state index in [1.54, 1.807) is 4.57 Å². The van der Waals surface area contributed by atoms with Gasteiger partial charge in [0.25, 0.3) is 5.56 Å². The predicted molar refractivity (Wildman–Crippen MR) is 94.4 cm³/mol. The molecule has 2 aromatic rings. The smallest absolute Gasteiger partial charge is 0.262 e. The Morgan fingerprint density at radius 3 is 3.04 bits per heavy atom. The number of hydrogen-bond donors (Lipinski definition) is 1. The van der Waals surface area contributed by atoms with Crippen LogP contribution in [0.5, 0.6) is 0 Å². The lowest BCUT2D eigenvalue weighted by Crippen LogP contribution is -2.29. The molecule has 0 unspecified atom stereocenters. The fourth-order valence-corrected chi connectivity index (χ4v) is 3.64. The van der Waals surface area contributed by atoms with E-state index in [4.69, 9.17) is 4.74 Å². The van der Waals surface area contributed by atoms with E-state index in [0.717, 1.165) is 19.4 Å². The third-order valence-corrected chi connectivity index (χ3v) is 4.92. The highest BCUT2D eigenvalue weighted by atomic mass is 32.2. The lowest BCUT2D eigenvalue weighted by atomic mass is 10.2. The van der Waals surface area contributed by atoms with Gasteiger partial charge in [0.2, 0.25) is 5.91 Å². The molecule has 128 valence electrons. The second-order valence-electron chi connectivity index (χ2n) is 5.79. The zero-order chi connectivity index (χ0) is 16.9. The zero-order valence-corrected chi connectivity index (χ0v) is 14.5. The van der Waals surface area contributed by atoms with Crippen LogP contribution in [0, 0.1) is 0 Å². The molecule has 1 fully saturated rings. The number of aromatic nitrogens is 2. The van der Waals surface area contributed by atoms with Crippen LogP contribution in [0.2, 0.25) is 0 Å². The van der Waals surface area contributed by atoms with E-state index in [1.165, 1.54) is 18.7 Å². The molecule has 1 aromatic carbocycles. The molecule has 0 bridgehead atoms. The first-order chi connectivity index (χ1) is 11.6. The van der Waals surface area contributed by atoms with E-state index in [9.17, 15) is 9.59 Å². The Morgan fingerprint density at radius 1 is 1.46 bits per heavy atom. The summed E-state index contributed by atoms with van der Waals surface area (Å²) in [6, 6.07) is 7.39. The van der Waals surface area contributed by atoms with Crippen molar-refractivity contribution in [1.29, 1.82) is 0 Å². The second kappa shape index (κ2) is 7.81. The first kappa shape index (κ1) is 17.0. The summed E-state index contributed by atoms with van der Waals surface area (Å²) in [5, 5.41) is 4.07. The minimum atomic E-state index is -0.0567. The number of amides is 1. The zero-order valence-electron chi connectivity index (χ0n) is 13.7. The maximum absolute atomic E-state index is 12.9. The van der Waals surface area contributed by atoms with E-state index in [0.29, 0.717) is 34.9 Å². The van der Waals surface area contributed by atoms with Gasteiger partial charge in [0, 0.05) is 25.8 Å². The minimum Gasteiger partial charge on any atom is -0.376 e. The molecule has 1 aliphatic rings. The number of thioether (sulfide) groups is 1. The monoisotopic (exact) mass is 347 g/mol. The molecule has 24 heavy (non-hydrogen) atoms. The summed E-state index contributed by atoms with van der Waals surface area (Å²) in [6.45, 7) is 3.32.